The molecule has 0 fully saturated rings. The van der Waals surface area contributed by atoms with Crippen molar-refractivity contribution in [3.8, 4) is 11.4 Å². The summed E-state index contributed by atoms with van der Waals surface area (Å²) in [5.74, 6) is 0.802. The van der Waals surface area contributed by atoms with Gasteiger partial charge in [0.15, 0.2) is 0 Å². The second-order valence-electron chi connectivity index (χ2n) is 6.09. The fourth-order valence-electron chi connectivity index (χ4n) is 2.86. The fourth-order valence-corrected chi connectivity index (χ4v) is 2.86. The Bertz CT molecular complexity index is 1160. The lowest BCUT2D eigenvalue weighted by Crippen LogP contribution is -1.92. The quantitative estimate of drug-likeness (QED) is 0.289. The maximum atomic E-state index is 10.7. The van der Waals surface area contributed by atoms with Crippen LogP contribution in [-0.2, 0) is 0 Å². The van der Waals surface area contributed by atoms with E-state index in [-0.39, 0.29) is 5.69 Å². The van der Waals surface area contributed by atoms with Crippen molar-refractivity contribution in [2.24, 2.45) is 4.99 Å². The normalized spacial score (nSPS) is 11.2. The lowest BCUT2D eigenvalue weighted by Gasteiger charge is -2.05. The number of nitrogens with zero attached hydrogens (tertiary/aromatic N) is 4. The maximum Gasteiger partial charge on any atom is 0.269 e. The van der Waals surface area contributed by atoms with Crippen molar-refractivity contribution in [2.45, 2.75) is 0 Å². The van der Waals surface area contributed by atoms with Crippen molar-refractivity contribution >= 4 is 28.6 Å². The second-order valence-corrected chi connectivity index (χ2v) is 6.09. The van der Waals surface area contributed by atoms with Gasteiger partial charge >= 0.3 is 0 Å². The number of non-ortho nitro benzene ring substituents is 1. The zero-order valence-corrected chi connectivity index (χ0v) is 15.0. The van der Waals surface area contributed by atoms with Gasteiger partial charge in [0.1, 0.15) is 12.1 Å². The first kappa shape index (κ1) is 17.4. The average molecular weight is 372 g/mol. The molecule has 4 rings (SSSR count). The molecule has 4 aromatic rings. The van der Waals surface area contributed by atoms with E-state index in [1.165, 1.54) is 12.1 Å². The molecule has 0 radical (unpaired) electrons. The highest BCUT2D eigenvalue weighted by Gasteiger charge is 2.06. The number of rotatable bonds is 5. The molecule has 138 valence electrons. The van der Waals surface area contributed by atoms with Crippen LogP contribution in [0.2, 0.25) is 0 Å². The minimum atomic E-state index is -0.423. The molecule has 0 saturated carbocycles. The van der Waals surface area contributed by atoms with E-state index >= 15 is 0 Å². The summed E-state index contributed by atoms with van der Waals surface area (Å²) in [5, 5.41) is 10.7. The number of hydrogen-bond acceptors (Lipinski definition) is 5. The van der Waals surface area contributed by atoms with Gasteiger partial charge in [-0.05, 0) is 60.2 Å². The van der Waals surface area contributed by atoms with Crippen LogP contribution in [0.15, 0.2) is 78.0 Å². The van der Waals surface area contributed by atoms with E-state index < -0.39 is 4.92 Å². The number of methoxy groups -OCH3 is 1. The van der Waals surface area contributed by atoms with Gasteiger partial charge in [-0.3, -0.25) is 19.7 Å². The van der Waals surface area contributed by atoms with Crippen molar-refractivity contribution in [1.82, 2.24) is 9.55 Å². The van der Waals surface area contributed by atoms with E-state index in [4.69, 9.17) is 4.74 Å². The van der Waals surface area contributed by atoms with Gasteiger partial charge in [-0.2, -0.15) is 0 Å². The molecule has 1 aromatic heterocycles. The third-order valence-corrected chi connectivity index (χ3v) is 4.35. The van der Waals surface area contributed by atoms with Crippen LogP contribution in [0.25, 0.3) is 16.7 Å². The summed E-state index contributed by atoms with van der Waals surface area (Å²) < 4.78 is 7.20. The highest BCUT2D eigenvalue weighted by atomic mass is 16.6. The van der Waals surface area contributed by atoms with E-state index in [0.29, 0.717) is 0 Å². The minimum Gasteiger partial charge on any atom is -0.497 e. The number of ether oxygens (including phenoxy) is 1. The maximum absolute atomic E-state index is 10.7. The van der Waals surface area contributed by atoms with Crippen LogP contribution in [0.4, 0.5) is 11.4 Å². The predicted octanol–water partition coefficient (Wildman–Crippen LogP) is 4.69. The first-order chi connectivity index (χ1) is 13.6. The Morgan fingerprint density at radius 1 is 1.07 bits per heavy atom. The van der Waals surface area contributed by atoms with E-state index in [1.54, 1.807) is 31.8 Å². The fraction of sp³-hybridized carbons (Fsp3) is 0.0476. The van der Waals surface area contributed by atoms with Crippen molar-refractivity contribution in [3.63, 3.8) is 0 Å². The molecule has 0 aliphatic rings. The minimum absolute atomic E-state index is 0.0580. The Balaban J connectivity index is 1.59. The van der Waals surface area contributed by atoms with Gasteiger partial charge < -0.3 is 4.74 Å². The molecule has 0 aliphatic heterocycles. The van der Waals surface area contributed by atoms with Crippen molar-refractivity contribution in [3.05, 3.63) is 88.7 Å². The zero-order chi connectivity index (χ0) is 19.5. The molecule has 0 bridgehead atoms. The highest BCUT2D eigenvalue weighted by Crippen LogP contribution is 2.24. The van der Waals surface area contributed by atoms with Crippen LogP contribution in [0.3, 0.4) is 0 Å². The summed E-state index contributed by atoms with van der Waals surface area (Å²) in [6.07, 6.45) is 3.45. The number of benzene rings is 3. The molecule has 0 unspecified atom stereocenters. The summed E-state index contributed by atoms with van der Waals surface area (Å²) in [6.45, 7) is 0. The Kier molecular flexibility index (Phi) is 4.55. The average Bonchev–Trinajstić information content (AvgIpc) is 3.16. The number of aromatic nitrogens is 2. The molecular weight excluding hydrogens is 356 g/mol. The lowest BCUT2D eigenvalue weighted by atomic mass is 10.2. The lowest BCUT2D eigenvalue weighted by molar-refractivity contribution is -0.384. The topological polar surface area (TPSA) is 82.5 Å². The molecule has 0 saturated heterocycles. The van der Waals surface area contributed by atoms with Crippen LogP contribution in [-0.4, -0.2) is 27.8 Å². The monoisotopic (exact) mass is 372 g/mol. The summed E-state index contributed by atoms with van der Waals surface area (Å²) in [7, 11) is 1.64. The number of fused-ring (bicyclic) bond motifs is 1. The van der Waals surface area contributed by atoms with Crippen LogP contribution in [0, 0.1) is 10.1 Å². The molecule has 0 spiro atoms. The van der Waals surface area contributed by atoms with Gasteiger partial charge in [0, 0.05) is 24.0 Å². The first-order valence-corrected chi connectivity index (χ1v) is 8.54. The molecule has 3 aromatic carbocycles. The van der Waals surface area contributed by atoms with E-state index in [1.807, 2.05) is 47.0 Å². The molecule has 28 heavy (non-hydrogen) atoms. The van der Waals surface area contributed by atoms with Gasteiger partial charge in [0.05, 0.1) is 28.8 Å². The van der Waals surface area contributed by atoms with Gasteiger partial charge in [-0.15, -0.1) is 0 Å². The molecule has 0 N–H and O–H groups in total. The third-order valence-electron chi connectivity index (χ3n) is 4.35. The number of imidazole rings is 1. The van der Waals surface area contributed by atoms with Crippen LogP contribution in [0.1, 0.15) is 5.56 Å². The van der Waals surface area contributed by atoms with Gasteiger partial charge in [-0.1, -0.05) is 0 Å². The Labute approximate surface area is 160 Å². The molecule has 0 atom stereocenters. The molecule has 7 nitrogen and oxygen atoms in total. The largest absolute Gasteiger partial charge is 0.497 e. The Morgan fingerprint density at radius 3 is 2.50 bits per heavy atom. The smallest absolute Gasteiger partial charge is 0.269 e. The van der Waals surface area contributed by atoms with E-state index in [9.17, 15) is 10.1 Å². The predicted molar refractivity (Wildman–Crippen MR) is 108 cm³/mol. The van der Waals surface area contributed by atoms with Crippen LogP contribution < -0.4 is 4.74 Å². The summed E-state index contributed by atoms with van der Waals surface area (Å²) in [4.78, 5) is 19.2. The summed E-state index contributed by atoms with van der Waals surface area (Å²) in [5.41, 5.74) is 4.39. The molecule has 0 amide bonds. The zero-order valence-electron chi connectivity index (χ0n) is 15.0. The molecule has 0 aliphatic carbocycles. The number of nitro benzene ring substituents is 1. The van der Waals surface area contributed by atoms with Gasteiger partial charge in [0.2, 0.25) is 0 Å². The summed E-state index contributed by atoms with van der Waals surface area (Å²) in [6, 6.07) is 19.8. The number of aliphatic imine (C=N–C) groups is 1. The van der Waals surface area contributed by atoms with Crippen LogP contribution in [0.5, 0.6) is 5.75 Å². The molecular formula is C21H16N4O3. The van der Waals surface area contributed by atoms with Crippen molar-refractivity contribution < 1.29 is 9.66 Å². The SMILES string of the molecule is COc1ccc(-n2cnc3cc(N=Cc4ccc([N+](=O)[O-])cc4)ccc32)cc1. The Morgan fingerprint density at radius 2 is 1.82 bits per heavy atom. The number of hydrogen-bond donors (Lipinski definition) is 0. The van der Waals surface area contributed by atoms with Crippen LogP contribution >= 0.6 is 0 Å². The molecule has 1 heterocycles. The van der Waals surface area contributed by atoms with E-state index in [0.717, 1.165) is 33.7 Å². The number of nitro groups is 1. The molecule has 7 heteroatoms. The second kappa shape index (κ2) is 7.32. The van der Waals surface area contributed by atoms with E-state index in [2.05, 4.69) is 9.98 Å². The third kappa shape index (κ3) is 3.45. The van der Waals surface area contributed by atoms with Gasteiger partial charge in [-0.25, -0.2) is 4.98 Å². The summed E-state index contributed by atoms with van der Waals surface area (Å²) >= 11 is 0. The standard InChI is InChI=1S/C21H16N4O3/c1-28-19-9-7-17(8-10-19)24-14-23-20-12-16(4-11-21(20)24)22-13-15-2-5-18(6-3-15)25(26)27/h2-14H,1H3. The highest BCUT2D eigenvalue weighted by molar-refractivity contribution is 5.85. The Hall–Kier alpha value is -4.00. The van der Waals surface area contributed by atoms with Gasteiger partial charge in [0.25, 0.3) is 5.69 Å². The van der Waals surface area contributed by atoms with Crippen molar-refractivity contribution in [2.75, 3.05) is 7.11 Å². The van der Waals surface area contributed by atoms with Crippen molar-refractivity contribution in [1.29, 1.82) is 0 Å². The first-order valence-electron chi connectivity index (χ1n) is 8.54.